The maximum Gasteiger partial charge on any atom is 0.252 e. The first-order valence-corrected chi connectivity index (χ1v) is 6.74. The van der Waals surface area contributed by atoms with Crippen molar-refractivity contribution < 1.29 is 9.53 Å². The van der Waals surface area contributed by atoms with Crippen molar-refractivity contribution in [1.29, 1.82) is 0 Å². The number of nitrogens with one attached hydrogen (secondary N) is 1. The standard InChI is InChI=1S/C16H20N2O2/c1-20-11-13(9-10-17)18-16(19)15-8-4-6-12-5-2-3-7-14(12)15/h2-8,13H,9-11,17H2,1H3,(H,18,19). The van der Waals surface area contributed by atoms with Gasteiger partial charge in [-0.05, 0) is 29.8 Å². The van der Waals surface area contributed by atoms with E-state index in [0.29, 0.717) is 25.1 Å². The van der Waals surface area contributed by atoms with Crippen LogP contribution in [0.1, 0.15) is 16.8 Å². The van der Waals surface area contributed by atoms with Crippen molar-refractivity contribution in [2.24, 2.45) is 5.73 Å². The van der Waals surface area contributed by atoms with Crippen molar-refractivity contribution in [2.75, 3.05) is 20.3 Å². The van der Waals surface area contributed by atoms with Crippen molar-refractivity contribution >= 4 is 16.7 Å². The zero-order chi connectivity index (χ0) is 14.4. The highest BCUT2D eigenvalue weighted by Crippen LogP contribution is 2.18. The summed E-state index contributed by atoms with van der Waals surface area (Å²) in [6, 6.07) is 13.5. The highest BCUT2D eigenvalue weighted by molar-refractivity contribution is 6.07. The summed E-state index contributed by atoms with van der Waals surface area (Å²) in [4.78, 5) is 12.4. The van der Waals surface area contributed by atoms with Gasteiger partial charge in [-0.25, -0.2) is 0 Å². The molecule has 0 fully saturated rings. The minimum Gasteiger partial charge on any atom is -0.383 e. The van der Waals surface area contributed by atoms with Crippen LogP contribution in [0.25, 0.3) is 10.8 Å². The van der Waals surface area contributed by atoms with Crippen molar-refractivity contribution in [2.45, 2.75) is 12.5 Å². The Morgan fingerprint density at radius 1 is 1.25 bits per heavy atom. The molecule has 0 bridgehead atoms. The molecule has 0 aliphatic heterocycles. The normalized spacial score (nSPS) is 12.3. The number of hydrogen-bond acceptors (Lipinski definition) is 3. The fourth-order valence-corrected chi connectivity index (χ4v) is 2.29. The Hall–Kier alpha value is -1.91. The molecule has 0 aliphatic carbocycles. The zero-order valence-electron chi connectivity index (χ0n) is 11.6. The Labute approximate surface area is 118 Å². The van der Waals surface area contributed by atoms with Crippen LogP contribution in [0.5, 0.6) is 0 Å². The lowest BCUT2D eigenvalue weighted by molar-refractivity contribution is 0.0895. The largest absolute Gasteiger partial charge is 0.383 e. The van der Waals surface area contributed by atoms with Crippen LogP contribution in [-0.4, -0.2) is 32.2 Å². The number of amides is 1. The molecule has 0 heterocycles. The van der Waals surface area contributed by atoms with Gasteiger partial charge >= 0.3 is 0 Å². The zero-order valence-corrected chi connectivity index (χ0v) is 11.6. The first kappa shape index (κ1) is 14.5. The summed E-state index contributed by atoms with van der Waals surface area (Å²) in [5, 5.41) is 5.00. The van der Waals surface area contributed by atoms with Crippen molar-refractivity contribution in [3.63, 3.8) is 0 Å². The second kappa shape index (κ2) is 7.03. The summed E-state index contributed by atoms with van der Waals surface area (Å²) < 4.78 is 5.11. The Morgan fingerprint density at radius 3 is 2.75 bits per heavy atom. The molecule has 3 N–H and O–H groups in total. The molecule has 1 amide bonds. The third-order valence-corrected chi connectivity index (χ3v) is 3.25. The summed E-state index contributed by atoms with van der Waals surface area (Å²) >= 11 is 0. The molecule has 0 spiro atoms. The van der Waals surface area contributed by atoms with E-state index in [9.17, 15) is 4.79 Å². The Morgan fingerprint density at radius 2 is 2.00 bits per heavy atom. The smallest absolute Gasteiger partial charge is 0.252 e. The second-order valence-electron chi connectivity index (χ2n) is 4.73. The predicted molar refractivity (Wildman–Crippen MR) is 80.7 cm³/mol. The number of benzene rings is 2. The van der Waals surface area contributed by atoms with Gasteiger partial charge in [-0.1, -0.05) is 36.4 Å². The van der Waals surface area contributed by atoms with Gasteiger partial charge in [-0.3, -0.25) is 4.79 Å². The van der Waals surface area contributed by atoms with Crippen LogP contribution in [0.3, 0.4) is 0 Å². The molecule has 0 aromatic heterocycles. The highest BCUT2D eigenvalue weighted by atomic mass is 16.5. The monoisotopic (exact) mass is 272 g/mol. The van der Waals surface area contributed by atoms with Gasteiger partial charge in [0.2, 0.25) is 0 Å². The molecule has 2 aromatic carbocycles. The SMILES string of the molecule is COCC(CCN)NC(=O)c1cccc2ccccc12. The molecule has 0 saturated heterocycles. The fraction of sp³-hybridized carbons (Fsp3) is 0.312. The van der Waals surface area contributed by atoms with Gasteiger partial charge in [0.05, 0.1) is 12.6 Å². The van der Waals surface area contributed by atoms with E-state index in [-0.39, 0.29) is 11.9 Å². The van der Waals surface area contributed by atoms with Crippen molar-refractivity contribution in [3.8, 4) is 0 Å². The van der Waals surface area contributed by atoms with Gasteiger partial charge < -0.3 is 15.8 Å². The van der Waals surface area contributed by atoms with E-state index in [1.165, 1.54) is 0 Å². The maximum absolute atomic E-state index is 12.4. The number of rotatable bonds is 6. The van der Waals surface area contributed by atoms with Crippen LogP contribution in [0.4, 0.5) is 0 Å². The Balaban J connectivity index is 2.22. The molecule has 0 aliphatic rings. The number of nitrogens with two attached hydrogens (primary N) is 1. The summed E-state index contributed by atoms with van der Waals surface area (Å²) in [5.74, 6) is -0.0858. The van der Waals surface area contributed by atoms with Gasteiger partial charge in [0.25, 0.3) is 5.91 Å². The summed E-state index contributed by atoms with van der Waals surface area (Å²) in [7, 11) is 1.62. The Kier molecular flexibility index (Phi) is 5.09. The third-order valence-electron chi connectivity index (χ3n) is 3.25. The lowest BCUT2D eigenvalue weighted by Gasteiger charge is -2.17. The molecule has 4 heteroatoms. The fourth-order valence-electron chi connectivity index (χ4n) is 2.29. The van der Waals surface area contributed by atoms with E-state index in [1.54, 1.807) is 7.11 Å². The molecule has 106 valence electrons. The van der Waals surface area contributed by atoms with Gasteiger partial charge in [0.15, 0.2) is 0 Å². The van der Waals surface area contributed by atoms with Crippen molar-refractivity contribution in [3.05, 3.63) is 48.0 Å². The first-order valence-electron chi connectivity index (χ1n) is 6.74. The molecule has 20 heavy (non-hydrogen) atoms. The highest BCUT2D eigenvalue weighted by Gasteiger charge is 2.14. The average molecular weight is 272 g/mol. The van der Waals surface area contributed by atoms with Crippen LogP contribution in [0.15, 0.2) is 42.5 Å². The molecule has 0 radical (unpaired) electrons. The lowest BCUT2D eigenvalue weighted by Crippen LogP contribution is -2.39. The molecule has 2 aromatic rings. The molecule has 1 atom stereocenters. The van der Waals surface area contributed by atoms with Gasteiger partial charge in [-0.15, -0.1) is 0 Å². The average Bonchev–Trinajstić information content (AvgIpc) is 2.47. The van der Waals surface area contributed by atoms with E-state index >= 15 is 0 Å². The van der Waals surface area contributed by atoms with Crippen molar-refractivity contribution in [1.82, 2.24) is 5.32 Å². The molecule has 4 nitrogen and oxygen atoms in total. The van der Waals surface area contributed by atoms with Gasteiger partial charge in [-0.2, -0.15) is 0 Å². The predicted octanol–water partition coefficient (Wildman–Crippen LogP) is 1.93. The van der Waals surface area contributed by atoms with E-state index in [0.717, 1.165) is 10.8 Å². The van der Waals surface area contributed by atoms with Crippen LogP contribution in [-0.2, 0) is 4.74 Å². The lowest BCUT2D eigenvalue weighted by atomic mass is 10.0. The molecular formula is C16H20N2O2. The van der Waals surface area contributed by atoms with E-state index < -0.39 is 0 Å². The summed E-state index contributed by atoms with van der Waals surface area (Å²) in [6.07, 6.45) is 0.699. The minimum absolute atomic E-state index is 0.0588. The maximum atomic E-state index is 12.4. The van der Waals surface area contributed by atoms with E-state index in [1.807, 2.05) is 42.5 Å². The first-order chi connectivity index (χ1) is 9.76. The number of carbonyl (C=O) groups is 1. The number of carbonyl (C=O) groups excluding carboxylic acids is 1. The Bertz CT molecular complexity index is 572. The van der Waals surface area contributed by atoms with Crippen LogP contribution < -0.4 is 11.1 Å². The summed E-state index contributed by atoms with van der Waals surface area (Å²) in [5.41, 5.74) is 6.24. The van der Waals surface area contributed by atoms with Crippen LogP contribution >= 0.6 is 0 Å². The van der Waals surface area contributed by atoms with E-state index in [2.05, 4.69) is 5.32 Å². The molecular weight excluding hydrogens is 252 g/mol. The number of fused-ring (bicyclic) bond motifs is 1. The van der Waals surface area contributed by atoms with E-state index in [4.69, 9.17) is 10.5 Å². The van der Waals surface area contributed by atoms with Crippen LogP contribution in [0, 0.1) is 0 Å². The molecule has 0 saturated carbocycles. The topological polar surface area (TPSA) is 64.3 Å². The number of hydrogen-bond donors (Lipinski definition) is 2. The second-order valence-corrected chi connectivity index (χ2v) is 4.73. The number of ether oxygens (including phenoxy) is 1. The minimum atomic E-state index is -0.0858. The quantitative estimate of drug-likeness (QED) is 0.844. The third kappa shape index (κ3) is 3.35. The van der Waals surface area contributed by atoms with Gasteiger partial charge in [0.1, 0.15) is 0 Å². The van der Waals surface area contributed by atoms with Crippen LogP contribution in [0.2, 0.25) is 0 Å². The molecule has 1 unspecified atom stereocenters. The van der Waals surface area contributed by atoms with Gasteiger partial charge in [0, 0.05) is 12.7 Å². The summed E-state index contributed by atoms with van der Waals surface area (Å²) in [6.45, 7) is 0.984. The number of methoxy groups -OCH3 is 1. The molecule has 2 rings (SSSR count).